The standard InChI is InChI=1S/C6H10N2O3/c1-2-3(7)4-5(8)11-6(9)10-4/h3H,2,7-8H2,1H3. The number of nitrogen functional groups attached to an aromatic ring is 1. The van der Waals surface area contributed by atoms with Gasteiger partial charge in [0.05, 0.1) is 6.04 Å². The first-order valence-corrected chi connectivity index (χ1v) is 3.30. The van der Waals surface area contributed by atoms with E-state index in [1.807, 2.05) is 6.92 Å². The van der Waals surface area contributed by atoms with Crippen LogP contribution in [0.15, 0.2) is 13.6 Å². The molecule has 0 aliphatic carbocycles. The third kappa shape index (κ3) is 1.43. The van der Waals surface area contributed by atoms with Crippen LogP contribution in [0.4, 0.5) is 5.88 Å². The van der Waals surface area contributed by atoms with E-state index in [4.69, 9.17) is 11.5 Å². The summed E-state index contributed by atoms with van der Waals surface area (Å²) in [4.78, 5) is 10.5. The van der Waals surface area contributed by atoms with Crippen molar-refractivity contribution >= 4 is 5.88 Å². The zero-order valence-electron chi connectivity index (χ0n) is 6.16. The highest BCUT2D eigenvalue weighted by atomic mass is 16.6. The highest BCUT2D eigenvalue weighted by Crippen LogP contribution is 2.18. The van der Waals surface area contributed by atoms with E-state index in [0.29, 0.717) is 6.42 Å². The first-order valence-electron chi connectivity index (χ1n) is 3.30. The molecule has 0 aromatic carbocycles. The summed E-state index contributed by atoms with van der Waals surface area (Å²) in [6.07, 6.45) is 0.646. The lowest BCUT2D eigenvalue weighted by molar-refractivity contribution is 0.364. The quantitative estimate of drug-likeness (QED) is 0.642. The summed E-state index contributed by atoms with van der Waals surface area (Å²) in [5.41, 5.74) is 10.8. The van der Waals surface area contributed by atoms with Gasteiger partial charge in [0, 0.05) is 0 Å². The smallest absolute Gasteiger partial charge is 0.392 e. The molecule has 0 fully saturated rings. The van der Waals surface area contributed by atoms with E-state index in [1.165, 1.54) is 0 Å². The van der Waals surface area contributed by atoms with Crippen LogP contribution in [0.25, 0.3) is 0 Å². The van der Waals surface area contributed by atoms with E-state index in [1.54, 1.807) is 0 Å². The molecule has 4 N–H and O–H groups in total. The molecule has 0 aliphatic heterocycles. The van der Waals surface area contributed by atoms with Crippen LogP contribution in [-0.2, 0) is 0 Å². The minimum absolute atomic E-state index is 0.0237. The molecule has 1 rings (SSSR count). The van der Waals surface area contributed by atoms with Crippen molar-refractivity contribution in [1.29, 1.82) is 0 Å². The summed E-state index contributed by atoms with van der Waals surface area (Å²) in [7, 11) is 0. The molecule has 0 saturated carbocycles. The fraction of sp³-hybridized carbons (Fsp3) is 0.500. The summed E-state index contributed by atoms with van der Waals surface area (Å²) in [6.45, 7) is 1.86. The van der Waals surface area contributed by atoms with Crippen molar-refractivity contribution in [3.05, 3.63) is 16.4 Å². The average Bonchev–Trinajstić information content (AvgIpc) is 2.28. The monoisotopic (exact) mass is 158 g/mol. The van der Waals surface area contributed by atoms with E-state index in [0.717, 1.165) is 0 Å². The minimum atomic E-state index is -0.804. The van der Waals surface area contributed by atoms with Crippen molar-refractivity contribution in [2.75, 3.05) is 5.73 Å². The normalized spacial score (nSPS) is 13.3. The fourth-order valence-electron chi connectivity index (χ4n) is 0.745. The Labute approximate surface area is 63.0 Å². The molecule has 1 heterocycles. The molecule has 1 atom stereocenters. The second-order valence-corrected chi connectivity index (χ2v) is 2.20. The molecule has 0 spiro atoms. The van der Waals surface area contributed by atoms with Gasteiger partial charge in [-0.05, 0) is 6.42 Å². The van der Waals surface area contributed by atoms with Crippen molar-refractivity contribution in [1.82, 2.24) is 0 Å². The van der Waals surface area contributed by atoms with Crippen LogP contribution >= 0.6 is 0 Å². The zero-order valence-corrected chi connectivity index (χ0v) is 6.16. The lowest BCUT2D eigenvalue weighted by Crippen LogP contribution is -2.09. The first-order chi connectivity index (χ1) is 5.15. The molecule has 1 aromatic heterocycles. The Bertz CT molecular complexity index is 288. The van der Waals surface area contributed by atoms with Crippen molar-refractivity contribution in [3.8, 4) is 0 Å². The van der Waals surface area contributed by atoms with Crippen LogP contribution in [0.5, 0.6) is 0 Å². The highest BCUT2D eigenvalue weighted by Gasteiger charge is 2.15. The average molecular weight is 158 g/mol. The summed E-state index contributed by atoms with van der Waals surface area (Å²) in [5.74, 6) is -0.594. The number of hydrogen-bond donors (Lipinski definition) is 2. The van der Waals surface area contributed by atoms with Gasteiger partial charge in [0.15, 0.2) is 5.76 Å². The van der Waals surface area contributed by atoms with Crippen LogP contribution < -0.4 is 17.3 Å². The molecular weight excluding hydrogens is 148 g/mol. The van der Waals surface area contributed by atoms with Gasteiger partial charge in [-0.2, -0.15) is 0 Å². The van der Waals surface area contributed by atoms with Gasteiger partial charge in [0.2, 0.25) is 5.88 Å². The van der Waals surface area contributed by atoms with Crippen molar-refractivity contribution in [3.63, 3.8) is 0 Å². The number of rotatable bonds is 2. The van der Waals surface area contributed by atoms with E-state index >= 15 is 0 Å². The topological polar surface area (TPSA) is 95.4 Å². The number of nitrogens with two attached hydrogens (primary N) is 2. The van der Waals surface area contributed by atoms with Crippen LogP contribution in [0.3, 0.4) is 0 Å². The van der Waals surface area contributed by atoms with Crippen molar-refractivity contribution < 1.29 is 8.83 Å². The molecule has 1 unspecified atom stereocenters. The second-order valence-electron chi connectivity index (χ2n) is 2.20. The number of hydrogen-bond acceptors (Lipinski definition) is 5. The largest absolute Gasteiger partial charge is 0.520 e. The third-order valence-electron chi connectivity index (χ3n) is 1.41. The molecule has 0 saturated heterocycles. The Kier molecular flexibility index (Phi) is 2.00. The Morgan fingerprint density at radius 1 is 1.55 bits per heavy atom. The molecule has 5 nitrogen and oxygen atoms in total. The Morgan fingerprint density at radius 2 is 2.18 bits per heavy atom. The van der Waals surface area contributed by atoms with Crippen molar-refractivity contribution in [2.24, 2.45) is 5.73 Å². The van der Waals surface area contributed by atoms with E-state index in [2.05, 4.69) is 8.83 Å². The molecule has 62 valence electrons. The molecule has 0 bridgehead atoms. The number of anilines is 1. The maximum Gasteiger partial charge on any atom is 0.520 e. The SMILES string of the molecule is CCC(N)c1oc(=O)oc1N. The second kappa shape index (κ2) is 2.79. The molecule has 11 heavy (non-hydrogen) atoms. The maximum atomic E-state index is 10.5. The van der Waals surface area contributed by atoms with E-state index < -0.39 is 5.82 Å². The van der Waals surface area contributed by atoms with Gasteiger partial charge in [-0.3, -0.25) is 0 Å². The summed E-state index contributed by atoms with van der Waals surface area (Å²) in [5, 5.41) is 0. The van der Waals surface area contributed by atoms with E-state index in [9.17, 15) is 4.79 Å². The predicted molar refractivity (Wildman–Crippen MR) is 38.9 cm³/mol. The molecule has 5 heteroatoms. The van der Waals surface area contributed by atoms with Gasteiger partial charge in [-0.1, -0.05) is 6.92 Å². The van der Waals surface area contributed by atoms with Crippen molar-refractivity contribution in [2.45, 2.75) is 19.4 Å². The zero-order chi connectivity index (χ0) is 8.43. The maximum absolute atomic E-state index is 10.5. The summed E-state index contributed by atoms with van der Waals surface area (Å²) >= 11 is 0. The van der Waals surface area contributed by atoms with E-state index in [-0.39, 0.29) is 17.7 Å². The molecule has 0 amide bonds. The predicted octanol–water partition coefficient (Wildman–Crippen LogP) is 0.225. The fourth-order valence-corrected chi connectivity index (χ4v) is 0.745. The van der Waals surface area contributed by atoms with Crippen LogP contribution in [0.2, 0.25) is 0 Å². The molecular formula is C6H10N2O3. The van der Waals surface area contributed by atoms with Gasteiger partial charge in [0.1, 0.15) is 0 Å². The third-order valence-corrected chi connectivity index (χ3v) is 1.41. The van der Waals surface area contributed by atoms with Gasteiger partial charge >= 0.3 is 5.82 Å². The van der Waals surface area contributed by atoms with Gasteiger partial charge in [-0.15, -0.1) is 0 Å². The Balaban J connectivity index is 3.02. The first kappa shape index (κ1) is 7.87. The lowest BCUT2D eigenvalue weighted by atomic mass is 10.2. The van der Waals surface area contributed by atoms with Crippen LogP contribution in [0.1, 0.15) is 25.1 Å². The van der Waals surface area contributed by atoms with Crippen LogP contribution in [0, 0.1) is 0 Å². The van der Waals surface area contributed by atoms with Crippen LogP contribution in [-0.4, -0.2) is 0 Å². The summed E-state index contributed by atoms with van der Waals surface area (Å²) in [6, 6.07) is -0.360. The lowest BCUT2D eigenvalue weighted by Gasteiger charge is -2.01. The highest BCUT2D eigenvalue weighted by molar-refractivity contribution is 5.29. The Morgan fingerprint density at radius 3 is 2.55 bits per heavy atom. The molecule has 0 aliphatic rings. The van der Waals surface area contributed by atoms with Gasteiger partial charge < -0.3 is 20.3 Å². The Hall–Kier alpha value is -1.23. The summed E-state index contributed by atoms with van der Waals surface area (Å²) < 4.78 is 9.01. The molecule has 1 aromatic rings. The van der Waals surface area contributed by atoms with Gasteiger partial charge in [-0.25, -0.2) is 4.79 Å². The minimum Gasteiger partial charge on any atom is -0.392 e. The molecule has 0 radical (unpaired) electrons. The van der Waals surface area contributed by atoms with Gasteiger partial charge in [0.25, 0.3) is 0 Å².